The fourth-order valence-corrected chi connectivity index (χ4v) is 1.82. The second kappa shape index (κ2) is 14.5. The van der Waals surface area contributed by atoms with Gasteiger partial charge in [0, 0.05) is 14.2 Å². The molecule has 0 atom stereocenters. The van der Waals surface area contributed by atoms with Crippen LogP contribution in [0.3, 0.4) is 0 Å². The van der Waals surface area contributed by atoms with Crippen molar-refractivity contribution in [2.45, 2.75) is 64.6 Å². The van der Waals surface area contributed by atoms with E-state index >= 15 is 0 Å². The van der Waals surface area contributed by atoms with Gasteiger partial charge in [-0.3, -0.25) is 0 Å². The molecular weight excluding hydrogens is 224 g/mol. The lowest BCUT2D eigenvalue weighted by atomic mass is 10.1. The van der Waals surface area contributed by atoms with E-state index < -0.39 is 0 Å². The molecule has 18 heavy (non-hydrogen) atoms. The van der Waals surface area contributed by atoms with E-state index in [0.717, 1.165) is 12.8 Å². The Labute approximate surface area is 113 Å². The van der Waals surface area contributed by atoms with Crippen LogP contribution < -0.4 is 0 Å². The molecule has 0 unspecified atom stereocenters. The van der Waals surface area contributed by atoms with Gasteiger partial charge in [-0.1, -0.05) is 50.5 Å². The predicted octanol–water partition coefficient (Wildman–Crippen LogP) is 4.86. The van der Waals surface area contributed by atoms with E-state index in [-0.39, 0.29) is 6.29 Å². The number of hydrogen-bond acceptors (Lipinski definition) is 2. The van der Waals surface area contributed by atoms with Crippen LogP contribution in [0.1, 0.15) is 58.3 Å². The lowest BCUT2D eigenvalue weighted by Gasteiger charge is -2.12. The fourth-order valence-electron chi connectivity index (χ4n) is 1.82. The zero-order valence-corrected chi connectivity index (χ0v) is 12.4. The van der Waals surface area contributed by atoms with Crippen LogP contribution in [0.2, 0.25) is 0 Å². The third kappa shape index (κ3) is 11.9. The van der Waals surface area contributed by atoms with Crippen LogP contribution in [-0.4, -0.2) is 20.5 Å². The highest BCUT2D eigenvalue weighted by atomic mass is 16.7. The first kappa shape index (κ1) is 17.4. The average molecular weight is 254 g/mol. The quantitative estimate of drug-likeness (QED) is 0.281. The average Bonchev–Trinajstić information content (AvgIpc) is 2.40. The van der Waals surface area contributed by atoms with Gasteiger partial charge in [0.05, 0.1) is 0 Å². The van der Waals surface area contributed by atoms with E-state index in [0.29, 0.717) is 0 Å². The Balaban J connectivity index is 3.21. The topological polar surface area (TPSA) is 18.5 Å². The first-order valence-electron chi connectivity index (χ1n) is 7.22. The van der Waals surface area contributed by atoms with Crippen molar-refractivity contribution in [1.82, 2.24) is 0 Å². The van der Waals surface area contributed by atoms with Crippen molar-refractivity contribution in [1.29, 1.82) is 0 Å². The molecule has 0 bridgehead atoms. The largest absolute Gasteiger partial charge is 0.356 e. The van der Waals surface area contributed by atoms with Crippen LogP contribution in [0.5, 0.6) is 0 Å². The van der Waals surface area contributed by atoms with Crippen LogP contribution in [0, 0.1) is 0 Å². The summed E-state index contributed by atoms with van der Waals surface area (Å²) in [5, 5.41) is 0. The van der Waals surface area contributed by atoms with Gasteiger partial charge >= 0.3 is 0 Å². The zero-order valence-electron chi connectivity index (χ0n) is 12.4. The van der Waals surface area contributed by atoms with E-state index in [2.05, 4.69) is 31.2 Å². The standard InChI is InChI=1S/C16H30O2/c1-4-5-6-7-8-9-10-11-12-13-14-15-16(17-2)18-3/h5-8,16H,4,9-15H2,1-3H3. The van der Waals surface area contributed by atoms with Gasteiger partial charge in [0.25, 0.3) is 0 Å². The summed E-state index contributed by atoms with van der Waals surface area (Å²) in [6, 6.07) is 0. The van der Waals surface area contributed by atoms with Gasteiger partial charge in [0.15, 0.2) is 6.29 Å². The number of hydrogen-bond donors (Lipinski definition) is 0. The second-order valence-electron chi connectivity index (χ2n) is 4.51. The Bertz CT molecular complexity index is 205. The number of rotatable bonds is 12. The molecule has 0 aliphatic heterocycles. The lowest BCUT2D eigenvalue weighted by molar-refractivity contribution is -0.107. The van der Waals surface area contributed by atoms with Crippen molar-refractivity contribution < 1.29 is 9.47 Å². The molecule has 0 aliphatic rings. The first-order chi connectivity index (χ1) is 8.85. The molecule has 0 aromatic rings. The molecule has 2 heteroatoms. The zero-order chi connectivity index (χ0) is 13.5. The van der Waals surface area contributed by atoms with Crippen LogP contribution in [0.4, 0.5) is 0 Å². The summed E-state index contributed by atoms with van der Waals surface area (Å²) in [6.45, 7) is 2.15. The van der Waals surface area contributed by atoms with Gasteiger partial charge in [-0.05, 0) is 32.1 Å². The molecule has 0 radical (unpaired) electrons. The molecule has 0 aliphatic carbocycles. The molecule has 0 aromatic heterocycles. The van der Waals surface area contributed by atoms with E-state index in [1.807, 2.05) is 0 Å². The molecule has 0 aromatic carbocycles. The summed E-state index contributed by atoms with van der Waals surface area (Å²) >= 11 is 0. The minimum absolute atomic E-state index is 0.0155. The van der Waals surface area contributed by atoms with Crippen molar-refractivity contribution >= 4 is 0 Å². The molecule has 2 nitrogen and oxygen atoms in total. The minimum Gasteiger partial charge on any atom is -0.356 e. The lowest BCUT2D eigenvalue weighted by Crippen LogP contribution is -2.12. The molecule has 0 heterocycles. The van der Waals surface area contributed by atoms with Gasteiger partial charge in [0.2, 0.25) is 0 Å². The summed E-state index contributed by atoms with van der Waals surface area (Å²) in [6.07, 6.45) is 18.5. The normalized spacial score (nSPS) is 12.2. The van der Waals surface area contributed by atoms with Crippen LogP contribution >= 0.6 is 0 Å². The van der Waals surface area contributed by atoms with E-state index in [1.54, 1.807) is 14.2 Å². The highest BCUT2D eigenvalue weighted by molar-refractivity contribution is 5.01. The Morgan fingerprint density at radius 3 is 2.11 bits per heavy atom. The summed E-state index contributed by atoms with van der Waals surface area (Å²) in [5.74, 6) is 0. The molecule has 0 saturated carbocycles. The maximum Gasteiger partial charge on any atom is 0.156 e. The minimum atomic E-state index is -0.0155. The van der Waals surface area contributed by atoms with Crippen molar-refractivity contribution in [3.05, 3.63) is 24.3 Å². The monoisotopic (exact) mass is 254 g/mol. The summed E-state index contributed by atoms with van der Waals surface area (Å²) in [7, 11) is 3.40. The number of ether oxygens (including phenoxy) is 2. The SMILES string of the molecule is CCC=CC=CCCCCCCCC(OC)OC. The van der Waals surface area contributed by atoms with Crippen molar-refractivity contribution in [2.24, 2.45) is 0 Å². The number of unbranched alkanes of at least 4 members (excludes halogenated alkanes) is 5. The molecule has 0 saturated heterocycles. The number of methoxy groups -OCH3 is 2. The van der Waals surface area contributed by atoms with Crippen molar-refractivity contribution in [3.63, 3.8) is 0 Å². The van der Waals surface area contributed by atoms with Gasteiger partial charge < -0.3 is 9.47 Å². The predicted molar refractivity (Wildman–Crippen MR) is 78.7 cm³/mol. The van der Waals surface area contributed by atoms with Crippen LogP contribution in [0.25, 0.3) is 0 Å². The first-order valence-corrected chi connectivity index (χ1v) is 7.22. The molecule has 0 spiro atoms. The summed E-state index contributed by atoms with van der Waals surface area (Å²) in [5.41, 5.74) is 0. The summed E-state index contributed by atoms with van der Waals surface area (Å²) < 4.78 is 10.3. The molecule has 106 valence electrons. The van der Waals surface area contributed by atoms with Gasteiger partial charge in [-0.15, -0.1) is 0 Å². The number of allylic oxidation sites excluding steroid dienone is 4. The van der Waals surface area contributed by atoms with Gasteiger partial charge in [-0.25, -0.2) is 0 Å². The highest BCUT2D eigenvalue weighted by Gasteiger charge is 2.03. The van der Waals surface area contributed by atoms with Crippen molar-refractivity contribution in [2.75, 3.05) is 14.2 Å². The van der Waals surface area contributed by atoms with E-state index in [1.165, 1.54) is 38.5 Å². The Kier molecular flexibility index (Phi) is 14.0. The molecule has 0 rings (SSSR count). The highest BCUT2D eigenvalue weighted by Crippen LogP contribution is 2.10. The second-order valence-corrected chi connectivity index (χ2v) is 4.51. The van der Waals surface area contributed by atoms with E-state index in [4.69, 9.17) is 9.47 Å². The Morgan fingerprint density at radius 1 is 0.833 bits per heavy atom. The Hall–Kier alpha value is -0.600. The van der Waals surface area contributed by atoms with Crippen molar-refractivity contribution in [3.8, 4) is 0 Å². The van der Waals surface area contributed by atoms with Gasteiger partial charge in [0.1, 0.15) is 0 Å². The molecule has 0 N–H and O–H groups in total. The third-order valence-electron chi connectivity index (χ3n) is 2.96. The smallest absolute Gasteiger partial charge is 0.156 e. The molecule has 0 fully saturated rings. The van der Waals surface area contributed by atoms with Gasteiger partial charge in [-0.2, -0.15) is 0 Å². The van der Waals surface area contributed by atoms with Crippen LogP contribution in [-0.2, 0) is 9.47 Å². The van der Waals surface area contributed by atoms with E-state index in [9.17, 15) is 0 Å². The maximum atomic E-state index is 5.15. The Morgan fingerprint density at radius 2 is 1.44 bits per heavy atom. The summed E-state index contributed by atoms with van der Waals surface area (Å²) in [4.78, 5) is 0. The van der Waals surface area contributed by atoms with Crippen LogP contribution in [0.15, 0.2) is 24.3 Å². The third-order valence-corrected chi connectivity index (χ3v) is 2.96. The fraction of sp³-hybridized carbons (Fsp3) is 0.750. The molecule has 0 amide bonds. The molecular formula is C16H30O2. The maximum absolute atomic E-state index is 5.15.